The van der Waals surface area contributed by atoms with E-state index in [4.69, 9.17) is 21.1 Å². The van der Waals surface area contributed by atoms with Crippen molar-refractivity contribution in [1.29, 1.82) is 0 Å². The zero-order valence-corrected chi connectivity index (χ0v) is 20.2. The number of fused-ring (bicyclic) bond motifs is 5. The van der Waals surface area contributed by atoms with Crippen LogP contribution in [0.15, 0.2) is 10.5 Å². The summed E-state index contributed by atoms with van der Waals surface area (Å²) in [5.41, 5.74) is 2.43. The Morgan fingerprint density at radius 2 is 2.19 bits per heavy atom. The number of hydrogen-bond donors (Lipinski definition) is 1. The van der Waals surface area contributed by atoms with Crippen molar-refractivity contribution >= 4 is 50.2 Å². The third kappa shape index (κ3) is 3.60. The van der Waals surface area contributed by atoms with Crippen molar-refractivity contribution in [2.75, 3.05) is 12.4 Å². The second kappa shape index (κ2) is 8.11. The largest absolute Gasteiger partial charge is 0.441 e. The number of aromatic nitrogens is 2. The number of nitrogens with zero attached hydrogens (tertiary/aromatic N) is 2. The van der Waals surface area contributed by atoms with Crippen molar-refractivity contribution in [3.8, 4) is 0 Å². The van der Waals surface area contributed by atoms with Gasteiger partial charge in [0.2, 0.25) is 0 Å². The van der Waals surface area contributed by atoms with E-state index in [2.05, 4.69) is 32.2 Å². The predicted molar refractivity (Wildman–Crippen MR) is 127 cm³/mol. The Hall–Kier alpha value is -1.53. The van der Waals surface area contributed by atoms with E-state index in [1.54, 1.807) is 11.3 Å². The Labute approximate surface area is 192 Å². The van der Waals surface area contributed by atoms with Gasteiger partial charge in [-0.1, -0.05) is 20.3 Å². The number of alkyl halides is 1. The molecular formula is C24H32ClN3O2S. The maximum atomic E-state index is 13.2. The number of unbranched alkanes of at least 4 members (excludes halogenated alkanes) is 2. The molecule has 0 radical (unpaired) electrons. The number of amides is 1. The topological polar surface area (TPSA) is 60.1 Å². The van der Waals surface area contributed by atoms with Gasteiger partial charge in [0.15, 0.2) is 16.2 Å². The number of halogens is 1. The highest BCUT2D eigenvalue weighted by atomic mass is 35.5. The summed E-state index contributed by atoms with van der Waals surface area (Å²) < 4.78 is 8.11. The molecule has 3 aromatic heterocycles. The molecule has 0 aliphatic heterocycles. The molecule has 2 bridgehead atoms. The van der Waals surface area contributed by atoms with Crippen LogP contribution in [-0.4, -0.2) is 28.1 Å². The van der Waals surface area contributed by atoms with Gasteiger partial charge in [-0.3, -0.25) is 9.48 Å². The summed E-state index contributed by atoms with van der Waals surface area (Å²) in [7, 11) is 0. The van der Waals surface area contributed by atoms with E-state index in [9.17, 15) is 4.79 Å². The van der Waals surface area contributed by atoms with Crippen LogP contribution in [0, 0.1) is 30.1 Å². The van der Waals surface area contributed by atoms with E-state index >= 15 is 0 Å². The van der Waals surface area contributed by atoms with Gasteiger partial charge in [0.05, 0.1) is 5.39 Å². The van der Waals surface area contributed by atoms with Crippen LogP contribution in [0.25, 0.3) is 21.4 Å². The van der Waals surface area contributed by atoms with Gasteiger partial charge in [-0.25, -0.2) is 0 Å². The molecule has 7 heteroatoms. The number of rotatable bonds is 8. The second-order valence-corrected chi connectivity index (χ2v) is 11.7. The molecule has 0 aromatic carbocycles. The molecule has 0 saturated heterocycles. The van der Waals surface area contributed by atoms with Crippen LogP contribution in [0.5, 0.6) is 0 Å². The molecule has 3 heterocycles. The molecule has 3 aliphatic carbocycles. The molecule has 168 valence electrons. The molecule has 3 atom stereocenters. The monoisotopic (exact) mass is 461 g/mol. The highest BCUT2D eigenvalue weighted by Gasteiger charge is 2.53. The standard InChI is InChI=1S/C24H32ClN3O2S/c1-14-11-17-20-21(30-23(17)31-14)19(27-28(20)10-6-4-5-9-25)22(29)26-13-15-7-8-16-12-18(15)24(16,2)3/h11,15-16,18H,4-10,12-13H2,1-3H3,(H,26,29). The number of aryl methyl sites for hydroxylation is 2. The van der Waals surface area contributed by atoms with Crippen molar-refractivity contribution in [2.24, 2.45) is 23.2 Å². The summed E-state index contributed by atoms with van der Waals surface area (Å²) >= 11 is 7.46. The first-order valence-corrected chi connectivity index (χ1v) is 13.0. The first-order valence-electron chi connectivity index (χ1n) is 11.6. The van der Waals surface area contributed by atoms with Crippen LogP contribution in [-0.2, 0) is 6.54 Å². The van der Waals surface area contributed by atoms with Crippen LogP contribution in [0.3, 0.4) is 0 Å². The fourth-order valence-electron chi connectivity index (χ4n) is 5.99. The molecule has 3 fully saturated rings. The molecule has 3 saturated carbocycles. The van der Waals surface area contributed by atoms with Gasteiger partial charge < -0.3 is 9.73 Å². The molecule has 1 amide bonds. The number of thiophene rings is 1. The minimum absolute atomic E-state index is 0.109. The highest BCUT2D eigenvalue weighted by molar-refractivity contribution is 7.18. The summed E-state index contributed by atoms with van der Waals surface area (Å²) in [6, 6.07) is 2.14. The van der Waals surface area contributed by atoms with Gasteiger partial charge in [-0.05, 0) is 68.3 Å². The fourth-order valence-corrected chi connectivity index (χ4v) is 7.04. The predicted octanol–water partition coefficient (Wildman–Crippen LogP) is 6.36. The number of carbonyl (C=O) groups is 1. The first kappa shape index (κ1) is 21.3. The Bertz CT molecular complexity index is 1110. The van der Waals surface area contributed by atoms with E-state index in [-0.39, 0.29) is 5.91 Å². The number of nitrogens with one attached hydrogen (secondary N) is 1. The lowest BCUT2D eigenvalue weighted by Gasteiger charge is -2.60. The summed E-state index contributed by atoms with van der Waals surface area (Å²) in [5, 5.41) is 8.98. The Morgan fingerprint density at radius 3 is 2.94 bits per heavy atom. The molecule has 5 nitrogen and oxygen atoms in total. The van der Waals surface area contributed by atoms with Crippen molar-refractivity contribution in [1.82, 2.24) is 15.1 Å². The lowest BCUT2D eigenvalue weighted by atomic mass is 9.45. The lowest BCUT2D eigenvalue weighted by molar-refractivity contribution is -0.103. The van der Waals surface area contributed by atoms with Crippen LogP contribution in [0.2, 0.25) is 0 Å². The van der Waals surface area contributed by atoms with Crippen molar-refractivity contribution in [3.05, 3.63) is 16.6 Å². The third-order valence-electron chi connectivity index (χ3n) is 7.92. The van der Waals surface area contributed by atoms with Gasteiger partial charge in [-0.15, -0.1) is 22.9 Å². The average Bonchev–Trinajstić information content (AvgIpc) is 3.38. The summed E-state index contributed by atoms with van der Waals surface area (Å²) in [6.07, 6.45) is 6.87. The molecule has 3 unspecified atom stereocenters. The smallest absolute Gasteiger partial charge is 0.275 e. The quantitative estimate of drug-likeness (QED) is 0.313. The van der Waals surface area contributed by atoms with Crippen LogP contribution < -0.4 is 5.32 Å². The number of furan rings is 1. The lowest BCUT2D eigenvalue weighted by Crippen LogP contribution is -2.54. The minimum atomic E-state index is -0.109. The maximum Gasteiger partial charge on any atom is 0.275 e. The van der Waals surface area contributed by atoms with E-state index in [0.29, 0.717) is 28.5 Å². The summed E-state index contributed by atoms with van der Waals surface area (Å²) in [5.74, 6) is 2.74. The highest BCUT2D eigenvalue weighted by Crippen LogP contribution is 2.61. The molecular weight excluding hydrogens is 430 g/mol. The van der Waals surface area contributed by atoms with Gasteiger partial charge in [0.1, 0.15) is 5.52 Å². The Balaban J connectivity index is 1.37. The number of hydrogen-bond acceptors (Lipinski definition) is 4. The van der Waals surface area contributed by atoms with Crippen LogP contribution in [0.4, 0.5) is 0 Å². The maximum absolute atomic E-state index is 13.2. The third-order valence-corrected chi connectivity index (χ3v) is 9.12. The molecule has 3 aromatic rings. The second-order valence-electron chi connectivity index (χ2n) is 10.1. The fraction of sp³-hybridized carbons (Fsp3) is 0.667. The van der Waals surface area contributed by atoms with Crippen molar-refractivity contribution in [2.45, 2.75) is 65.8 Å². The Kier molecular flexibility index (Phi) is 5.58. The summed E-state index contributed by atoms with van der Waals surface area (Å²) in [4.78, 5) is 15.3. The average molecular weight is 462 g/mol. The Morgan fingerprint density at radius 1 is 1.35 bits per heavy atom. The van der Waals surface area contributed by atoms with E-state index < -0.39 is 0 Å². The zero-order chi connectivity index (χ0) is 21.8. The van der Waals surface area contributed by atoms with E-state index in [0.717, 1.165) is 60.0 Å². The molecule has 3 aliphatic rings. The van der Waals surface area contributed by atoms with Gasteiger partial charge in [0, 0.05) is 23.8 Å². The minimum Gasteiger partial charge on any atom is -0.441 e. The molecule has 1 N–H and O–H groups in total. The zero-order valence-electron chi connectivity index (χ0n) is 18.7. The normalized spacial score (nSPS) is 24.6. The van der Waals surface area contributed by atoms with Crippen LogP contribution in [0.1, 0.15) is 67.7 Å². The van der Waals surface area contributed by atoms with Gasteiger partial charge in [-0.2, -0.15) is 5.10 Å². The van der Waals surface area contributed by atoms with Gasteiger partial charge in [0.25, 0.3) is 5.91 Å². The number of carbonyl (C=O) groups excluding carboxylic acids is 1. The molecule has 0 spiro atoms. The van der Waals surface area contributed by atoms with Crippen molar-refractivity contribution in [3.63, 3.8) is 0 Å². The van der Waals surface area contributed by atoms with Crippen LogP contribution >= 0.6 is 22.9 Å². The van der Waals surface area contributed by atoms with E-state index in [1.807, 2.05) is 4.68 Å². The first-order chi connectivity index (χ1) is 14.9. The summed E-state index contributed by atoms with van der Waals surface area (Å²) in [6.45, 7) is 8.37. The molecule has 6 rings (SSSR count). The van der Waals surface area contributed by atoms with Crippen molar-refractivity contribution < 1.29 is 9.21 Å². The SMILES string of the molecule is Cc1cc2c(oc3c(C(=O)NCC4CCC5CC4C5(C)C)nn(CCCCCCl)c32)s1. The van der Waals surface area contributed by atoms with E-state index in [1.165, 1.54) is 24.1 Å². The molecule has 31 heavy (non-hydrogen) atoms. The van der Waals surface area contributed by atoms with Gasteiger partial charge >= 0.3 is 0 Å².